The summed E-state index contributed by atoms with van der Waals surface area (Å²) < 4.78 is 70.3. The van der Waals surface area contributed by atoms with Crippen LogP contribution in [0.2, 0.25) is 0 Å². The van der Waals surface area contributed by atoms with E-state index < -0.39 is 29.4 Å². The van der Waals surface area contributed by atoms with Crippen LogP contribution in [0.4, 0.5) is 22.0 Å². The van der Waals surface area contributed by atoms with Crippen molar-refractivity contribution in [2.45, 2.75) is 25.9 Å². The number of ketones is 1. The van der Waals surface area contributed by atoms with Gasteiger partial charge in [0.2, 0.25) is 0 Å². The van der Waals surface area contributed by atoms with Crippen LogP contribution in [0.25, 0.3) is 0 Å². The molecule has 0 amide bonds. The zero-order valence-electron chi connectivity index (χ0n) is 10.0. The fourth-order valence-corrected chi connectivity index (χ4v) is 0.868. The van der Waals surface area contributed by atoms with Gasteiger partial charge < -0.3 is 9.47 Å². The van der Waals surface area contributed by atoms with Gasteiger partial charge in [-0.15, -0.1) is 0 Å². The number of Topliss-reactive ketones (excluding diaryl/α,β-unsaturated/α-hetero) is 1. The van der Waals surface area contributed by atoms with Crippen LogP contribution in [-0.4, -0.2) is 37.1 Å². The Labute approximate surface area is 105 Å². The molecule has 19 heavy (non-hydrogen) atoms. The van der Waals surface area contributed by atoms with Crippen LogP contribution in [0.5, 0.6) is 0 Å². The maximum atomic E-state index is 12.8. The number of halogens is 5. The highest BCUT2D eigenvalue weighted by Crippen LogP contribution is 2.37. The quantitative estimate of drug-likeness (QED) is 0.188. The third kappa shape index (κ3) is 4.18. The van der Waals surface area contributed by atoms with Crippen LogP contribution in [-0.2, 0) is 19.1 Å². The summed E-state index contributed by atoms with van der Waals surface area (Å²) in [4.78, 5) is 22.3. The first-order valence-electron chi connectivity index (χ1n) is 5.07. The summed E-state index contributed by atoms with van der Waals surface area (Å²) in [6, 6.07) is 0. The van der Waals surface area contributed by atoms with Gasteiger partial charge in [0, 0.05) is 0 Å². The van der Waals surface area contributed by atoms with Gasteiger partial charge in [-0.2, -0.15) is 22.0 Å². The Balaban J connectivity index is 5.40. The van der Waals surface area contributed by atoms with Crippen LogP contribution in [0, 0.1) is 0 Å². The zero-order valence-corrected chi connectivity index (χ0v) is 10.0. The molecule has 0 atom stereocenters. The van der Waals surface area contributed by atoms with Crippen molar-refractivity contribution in [2.75, 3.05) is 13.2 Å². The normalized spacial score (nSPS) is 13.1. The zero-order chi connectivity index (χ0) is 15.3. The molecule has 0 aromatic carbocycles. The molecule has 0 aromatic heterocycles. The predicted molar refractivity (Wildman–Crippen MR) is 52.4 cm³/mol. The molecule has 110 valence electrons. The monoisotopic (exact) mass is 290 g/mol. The molecule has 0 aliphatic heterocycles. The van der Waals surface area contributed by atoms with Gasteiger partial charge in [-0.05, 0) is 13.8 Å². The largest absolute Gasteiger partial charge is 0.500 e. The van der Waals surface area contributed by atoms with Gasteiger partial charge in [0.05, 0.1) is 13.2 Å². The molecular formula is C10H11F5O4. The van der Waals surface area contributed by atoms with Crippen molar-refractivity contribution in [3.8, 4) is 0 Å². The van der Waals surface area contributed by atoms with Crippen LogP contribution >= 0.6 is 0 Å². The number of rotatable bonds is 6. The molecule has 0 fully saturated rings. The molecule has 0 aliphatic carbocycles. The Kier molecular flexibility index (Phi) is 5.91. The lowest BCUT2D eigenvalue weighted by atomic mass is 10.1. The van der Waals surface area contributed by atoms with E-state index in [2.05, 4.69) is 9.47 Å². The second-order valence-electron chi connectivity index (χ2n) is 3.11. The van der Waals surface area contributed by atoms with Gasteiger partial charge in [-0.1, -0.05) is 0 Å². The molecule has 0 unspecified atom stereocenters. The van der Waals surface area contributed by atoms with Crippen LogP contribution in [0.1, 0.15) is 13.8 Å². The lowest BCUT2D eigenvalue weighted by Gasteiger charge is -2.18. The van der Waals surface area contributed by atoms with E-state index in [1.807, 2.05) is 0 Å². The molecule has 9 heteroatoms. The van der Waals surface area contributed by atoms with E-state index in [9.17, 15) is 31.5 Å². The Bertz CT molecular complexity index is 373. The van der Waals surface area contributed by atoms with Gasteiger partial charge in [0.1, 0.15) is 11.8 Å². The maximum absolute atomic E-state index is 12.8. The van der Waals surface area contributed by atoms with Crippen molar-refractivity contribution in [1.82, 2.24) is 0 Å². The highest BCUT2D eigenvalue weighted by atomic mass is 19.4. The molecule has 0 saturated carbocycles. The summed E-state index contributed by atoms with van der Waals surface area (Å²) in [5.41, 5.74) is -1.49. The molecule has 0 bridgehead atoms. The highest BCUT2D eigenvalue weighted by Gasteiger charge is 2.64. The van der Waals surface area contributed by atoms with Crippen LogP contribution in [0.15, 0.2) is 11.8 Å². The van der Waals surface area contributed by atoms with Gasteiger partial charge in [-0.25, -0.2) is 4.79 Å². The van der Waals surface area contributed by atoms with Crippen molar-refractivity contribution in [3.05, 3.63) is 11.8 Å². The SMILES string of the molecule is CCO/C=C(/C(=O)OCC)C(=O)C(F)(F)C(F)(F)F. The first-order chi connectivity index (χ1) is 8.59. The minimum absolute atomic E-state index is 0.131. The number of hydrogen-bond acceptors (Lipinski definition) is 4. The molecule has 4 nitrogen and oxygen atoms in total. The molecule has 0 aromatic rings. The van der Waals surface area contributed by atoms with Gasteiger partial charge in [0.25, 0.3) is 5.78 Å². The summed E-state index contributed by atoms with van der Waals surface area (Å²) in [6.07, 6.45) is -5.87. The minimum atomic E-state index is -6.11. The van der Waals surface area contributed by atoms with Gasteiger partial charge >= 0.3 is 18.1 Å². The first-order valence-corrected chi connectivity index (χ1v) is 5.07. The lowest BCUT2D eigenvalue weighted by Crippen LogP contribution is -2.46. The summed E-state index contributed by atoms with van der Waals surface area (Å²) in [5, 5.41) is 0. The fraction of sp³-hybridized carbons (Fsp3) is 0.600. The van der Waals surface area contributed by atoms with E-state index in [4.69, 9.17) is 0 Å². The van der Waals surface area contributed by atoms with Crippen LogP contribution < -0.4 is 0 Å². The number of carbonyl (C=O) groups excluding carboxylic acids is 2. The minimum Gasteiger partial charge on any atom is -0.500 e. The molecule has 0 N–H and O–H groups in total. The number of esters is 1. The highest BCUT2D eigenvalue weighted by molar-refractivity contribution is 6.20. The van der Waals surface area contributed by atoms with Crippen molar-refractivity contribution in [2.24, 2.45) is 0 Å². The molecule has 0 spiro atoms. The van der Waals surface area contributed by atoms with E-state index in [0.29, 0.717) is 0 Å². The van der Waals surface area contributed by atoms with E-state index in [1.165, 1.54) is 13.8 Å². The summed E-state index contributed by atoms with van der Waals surface area (Å²) in [6.45, 7) is 2.25. The number of carbonyl (C=O) groups is 2. The van der Waals surface area contributed by atoms with Crippen molar-refractivity contribution in [3.63, 3.8) is 0 Å². The molecule has 0 rings (SSSR count). The molecule has 0 aliphatic rings. The summed E-state index contributed by atoms with van der Waals surface area (Å²) >= 11 is 0. The van der Waals surface area contributed by atoms with Gasteiger partial charge in [-0.3, -0.25) is 4.79 Å². The topological polar surface area (TPSA) is 52.6 Å². The van der Waals surface area contributed by atoms with Crippen LogP contribution in [0.3, 0.4) is 0 Å². The molecular weight excluding hydrogens is 279 g/mol. The average molecular weight is 290 g/mol. The summed E-state index contributed by atoms with van der Waals surface area (Å²) in [5.74, 6) is -10.0. The Morgan fingerprint density at radius 3 is 1.95 bits per heavy atom. The number of hydrogen-bond donors (Lipinski definition) is 0. The Morgan fingerprint density at radius 2 is 1.58 bits per heavy atom. The molecule has 0 saturated heterocycles. The van der Waals surface area contributed by atoms with Gasteiger partial charge in [0.15, 0.2) is 0 Å². The summed E-state index contributed by atoms with van der Waals surface area (Å²) in [7, 11) is 0. The smallest absolute Gasteiger partial charge is 0.461 e. The second-order valence-corrected chi connectivity index (χ2v) is 3.11. The second kappa shape index (κ2) is 6.48. The van der Waals surface area contributed by atoms with E-state index in [0.717, 1.165) is 0 Å². The maximum Gasteiger partial charge on any atom is 0.461 e. The number of alkyl halides is 5. The van der Waals surface area contributed by atoms with E-state index >= 15 is 0 Å². The molecule has 0 heterocycles. The average Bonchev–Trinajstić information content (AvgIpc) is 2.28. The fourth-order valence-electron chi connectivity index (χ4n) is 0.868. The first kappa shape index (κ1) is 17.3. The Morgan fingerprint density at radius 1 is 1.05 bits per heavy atom. The predicted octanol–water partition coefficient (Wildman–Crippen LogP) is 2.24. The third-order valence-corrected chi connectivity index (χ3v) is 1.75. The Hall–Kier alpha value is -1.67. The van der Waals surface area contributed by atoms with Crippen molar-refractivity contribution in [1.29, 1.82) is 0 Å². The van der Waals surface area contributed by atoms with E-state index in [-0.39, 0.29) is 19.5 Å². The number of ether oxygens (including phenoxy) is 2. The standard InChI is InChI=1S/C10H11F5O4/c1-3-18-5-6(8(17)19-4-2)7(16)9(11,12)10(13,14)15/h5H,3-4H2,1-2H3/b6-5+. The van der Waals surface area contributed by atoms with Crippen molar-refractivity contribution < 1.29 is 41.0 Å². The van der Waals surface area contributed by atoms with Crippen molar-refractivity contribution >= 4 is 11.8 Å². The third-order valence-electron chi connectivity index (χ3n) is 1.75. The molecule has 0 radical (unpaired) electrons. The lowest BCUT2D eigenvalue weighted by molar-refractivity contribution is -0.266. The van der Waals surface area contributed by atoms with E-state index in [1.54, 1.807) is 0 Å².